The molecule has 1 aromatic rings. The minimum Gasteiger partial charge on any atom is -0.392 e. The molecule has 0 radical (unpaired) electrons. The molecule has 2 N–H and O–H groups in total. The summed E-state index contributed by atoms with van der Waals surface area (Å²) < 4.78 is 0. The van der Waals surface area contributed by atoms with Crippen LogP contribution in [0, 0.1) is 0 Å². The lowest BCUT2D eigenvalue weighted by Crippen LogP contribution is -1.98. The van der Waals surface area contributed by atoms with Gasteiger partial charge >= 0.3 is 0 Å². The third kappa shape index (κ3) is 3.32. The molecular weight excluding hydrogens is 176 g/mol. The summed E-state index contributed by atoms with van der Waals surface area (Å²) in [7, 11) is 0. The van der Waals surface area contributed by atoms with E-state index >= 15 is 0 Å². The highest BCUT2D eigenvalue weighted by atomic mass is 16.3. The third-order valence-corrected chi connectivity index (χ3v) is 2.14. The molecule has 0 spiro atoms. The van der Waals surface area contributed by atoms with Crippen molar-refractivity contribution in [3.8, 4) is 0 Å². The van der Waals surface area contributed by atoms with E-state index < -0.39 is 6.10 Å². The van der Waals surface area contributed by atoms with Gasteiger partial charge in [0.2, 0.25) is 0 Å². The SMILES string of the molecule is C/C(=C/CO)CC(O)c1ccccc1. The van der Waals surface area contributed by atoms with Crippen molar-refractivity contribution in [2.24, 2.45) is 0 Å². The summed E-state index contributed by atoms with van der Waals surface area (Å²) in [5.74, 6) is 0. The molecule has 1 atom stereocenters. The first-order chi connectivity index (χ1) is 6.74. The highest BCUT2D eigenvalue weighted by molar-refractivity contribution is 5.19. The Kier molecular flexibility index (Phi) is 4.36. The van der Waals surface area contributed by atoms with Gasteiger partial charge in [0, 0.05) is 0 Å². The van der Waals surface area contributed by atoms with E-state index in [1.54, 1.807) is 6.08 Å². The van der Waals surface area contributed by atoms with Crippen LogP contribution in [-0.4, -0.2) is 16.8 Å². The summed E-state index contributed by atoms with van der Waals surface area (Å²) >= 11 is 0. The standard InChI is InChI=1S/C12H16O2/c1-10(7-8-13)9-12(14)11-5-3-2-4-6-11/h2-7,12-14H,8-9H2,1H3/b10-7-. The van der Waals surface area contributed by atoms with Crippen LogP contribution in [0.3, 0.4) is 0 Å². The lowest BCUT2D eigenvalue weighted by Gasteiger charge is -2.10. The molecule has 0 bridgehead atoms. The highest BCUT2D eigenvalue weighted by Gasteiger charge is 2.06. The van der Waals surface area contributed by atoms with Gasteiger partial charge < -0.3 is 10.2 Å². The Labute approximate surface area is 84.5 Å². The van der Waals surface area contributed by atoms with E-state index in [9.17, 15) is 5.11 Å². The fourth-order valence-electron chi connectivity index (χ4n) is 1.34. The smallest absolute Gasteiger partial charge is 0.0827 e. The fourth-order valence-corrected chi connectivity index (χ4v) is 1.34. The second-order valence-electron chi connectivity index (χ2n) is 3.36. The van der Waals surface area contributed by atoms with Crippen molar-refractivity contribution < 1.29 is 10.2 Å². The van der Waals surface area contributed by atoms with E-state index in [1.807, 2.05) is 37.3 Å². The molecule has 0 aliphatic carbocycles. The molecule has 0 saturated heterocycles. The van der Waals surface area contributed by atoms with Crippen molar-refractivity contribution >= 4 is 0 Å². The van der Waals surface area contributed by atoms with Gasteiger partial charge in [0.25, 0.3) is 0 Å². The average molecular weight is 192 g/mol. The predicted molar refractivity (Wildman–Crippen MR) is 56.9 cm³/mol. The van der Waals surface area contributed by atoms with Gasteiger partial charge in [0.05, 0.1) is 12.7 Å². The number of rotatable bonds is 4. The maximum atomic E-state index is 9.80. The molecule has 14 heavy (non-hydrogen) atoms. The lowest BCUT2D eigenvalue weighted by atomic mass is 10.0. The van der Waals surface area contributed by atoms with Crippen LogP contribution in [0.1, 0.15) is 25.0 Å². The molecule has 1 rings (SSSR count). The lowest BCUT2D eigenvalue weighted by molar-refractivity contribution is 0.178. The molecule has 0 fully saturated rings. The summed E-state index contributed by atoms with van der Waals surface area (Å²) in [5, 5.41) is 18.5. The molecule has 0 aromatic heterocycles. The first kappa shape index (κ1) is 11.0. The minimum absolute atomic E-state index is 0.0351. The highest BCUT2D eigenvalue weighted by Crippen LogP contribution is 2.19. The maximum absolute atomic E-state index is 9.80. The topological polar surface area (TPSA) is 40.5 Å². The van der Waals surface area contributed by atoms with E-state index in [0.29, 0.717) is 6.42 Å². The normalized spacial score (nSPS) is 14.1. The Balaban J connectivity index is 2.59. The zero-order chi connectivity index (χ0) is 10.4. The van der Waals surface area contributed by atoms with Crippen LogP contribution >= 0.6 is 0 Å². The number of aliphatic hydroxyl groups is 2. The summed E-state index contributed by atoms with van der Waals surface area (Å²) in [6.45, 7) is 1.94. The van der Waals surface area contributed by atoms with Gasteiger partial charge in [-0.05, 0) is 18.9 Å². The summed E-state index contributed by atoms with van der Waals surface area (Å²) in [6, 6.07) is 9.54. The Morgan fingerprint density at radius 1 is 1.36 bits per heavy atom. The Morgan fingerprint density at radius 3 is 2.57 bits per heavy atom. The minimum atomic E-state index is -0.473. The van der Waals surface area contributed by atoms with E-state index in [0.717, 1.165) is 11.1 Å². The van der Waals surface area contributed by atoms with Crippen LogP contribution in [0.2, 0.25) is 0 Å². The van der Waals surface area contributed by atoms with Gasteiger partial charge in [-0.2, -0.15) is 0 Å². The zero-order valence-electron chi connectivity index (χ0n) is 8.35. The van der Waals surface area contributed by atoms with Crippen LogP contribution in [0.5, 0.6) is 0 Å². The maximum Gasteiger partial charge on any atom is 0.0827 e. The first-order valence-corrected chi connectivity index (χ1v) is 4.73. The number of hydrogen-bond donors (Lipinski definition) is 2. The van der Waals surface area contributed by atoms with Crippen molar-refractivity contribution in [3.63, 3.8) is 0 Å². The van der Waals surface area contributed by atoms with Crippen LogP contribution in [-0.2, 0) is 0 Å². The fraction of sp³-hybridized carbons (Fsp3) is 0.333. The Bertz CT molecular complexity index is 290. The number of hydrogen-bond acceptors (Lipinski definition) is 2. The average Bonchev–Trinajstić information content (AvgIpc) is 2.19. The van der Waals surface area contributed by atoms with Gasteiger partial charge in [-0.15, -0.1) is 0 Å². The molecule has 0 heterocycles. The van der Waals surface area contributed by atoms with Crippen molar-refractivity contribution in [1.29, 1.82) is 0 Å². The molecule has 1 aromatic carbocycles. The molecule has 2 heteroatoms. The molecule has 0 aliphatic heterocycles. The van der Waals surface area contributed by atoms with E-state index in [1.165, 1.54) is 0 Å². The number of benzene rings is 1. The van der Waals surface area contributed by atoms with Crippen LogP contribution in [0.15, 0.2) is 42.0 Å². The van der Waals surface area contributed by atoms with Gasteiger partial charge in [-0.1, -0.05) is 42.0 Å². The van der Waals surface area contributed by atoms with Crippen LogP contribution < -0.4 is 0 Å². The summed E-state index contributed by atoms with van der Waals surface area (Å²) in [4.78, 5) is 0. The Morgan fingerprint density at radius 2 is 2.00 bits per heavy atom. The second-order valence-corrected chi connectivity index (χ2v) is 3.36. The number of aliphatic hydroxyl groups excluding tert-OH is 2. The summed E-state index contributed by atoms with van der Waals surface area (Å²) in [5.41, 5.74) is 1.92. The van der Waals surface area contributed by atoms with Gasteiger partial charge in [0.1, 0.15) is 0 Å². The van der Waals surface area contributed by atoms with Crippen LogP contribution in [0.25, 0.3) is 0 Å². The third-order valence-electron chi connectivity index (χ3n) is 2.14. The molecule has 76 valence electrons. The van der Waals surface area contributed by atoms with Crippen molar-refractivity contribution in [2.45, 2.75) is 19.4 Å². The molecule has 2 nitrogen and oxygen atoms in total. The van der Waals surface area contributed by atoms with Crippen molar-refractivity contribution in [3.05, 3.63) is 47.5 Å². The monoisotopic (exact) mass is 192 g/mol. The predicted octanol–water partition coefficient (Wildman–Crippen LogP) is 2.05. The van der Waals surface area contributed by atoms with Gasteiger partial charge in [0.15, 0.2) is 0 Å². The van der Waals surface area contributed by atoms with Crippen molar-refractivity contribution in [2.75, 3.05) is 6.61 Å². The zero-order valence-corrected chi connectivity index (χ0v) is 8.35. The molecule has 0 amide bonds. The molecule has 0 aliphatic rings. The molecule has 0 saturated carbocycles. The van der Waals surface area contributed by atoms with E-state index in [4.69, 9.17) is 5.11 Å². The van der Waals surface area contributed by atoms with E-state index in [2.05, 4.69) is 0 Å². The van der Waals surface area contributed by atoms with Gasteiger partial charge in [-0.3, -0.25) is 0 Å². The first-order valence-electron chi connectivity index (χ1n) is 4.73. The molecular formula is C12H16O2. The summed E-state index contributed by atoms with van der Waals surface area (Å²) in [6.07, 6.45) is 1.82. The largest absolute Gasteiger partial charge is 0.392 e. The molecule has 1 unspecified atom stereocenters. The van der Waals surface area contributed by atoms with Crippen LogP contribution in [0.4, 0.5) is 0 Å². The Hall–Kier alpha value is -1.12. The van der Waals surface area contributed by atoms with Gasteiger partial charge in [-0.25, -0.2) is 0 Å². The van der Waals surface area contributed by atoms with Crippen molar-refractivity contribution in [1.82, 2.24) is 0 Å². The van der Waals surface area contributed by atoms with E-state index in [-0.39, 0.29) is 6.61 Å². The quantitative estimate of drug-likeness (QED) is 0.717. The second kappa shape index (κ2) is 5.58.